The highest BCUT2D eigenvalue weighted by Crippen LogP contribution is 2.29. The van der Waals surface area contributed by atoms with E-state index in [1.54, 1.807) is 25.1 Å². The van der Waals surface area contributed by atoms with E-state index in [4.69, 9.17) is 17.3 Å². The van der Waals surface area contributed by atoms with Crippen molar-refractivity contribution in [2.45, 2.75) is 19.9 Å². The Morgan fingerprint density at radius 3 is 2.42 bits per heavy atom. The van der Waals surface area contributed by atoms with Gasteiger partial charge >= 0.3 is 0 Å². The molecule has 0 saturated carbocycles. The van der Waals surface area contributed by atoms with Gasteiger partial charge in [-0.1, -0.05) is 23.7 Å². The maximum atomic E-state index is 13.8. The van der Waals surface area contributed by atoms with Gasteiger partial charge in [0.2, 0.25) is 0 Å². The Labute approximate surface area is 116 Å². The van der Waals surface area contributed by atoms with Gasteiger partial charge in [0.15, 0.2) is 0 Å². The zero-order valence-electron chi connectivity index (χ0n) is 10.7. The van der Waals surface area contributed by atoms with Gasteiger partial charge in [0, 0.05) is 16.7 Å². The number of nitrogens with two attached hydrogens (primary N) is 1. The van der Waals surface area contributed by atoms with Crippen molar-refractivity contribution in [2.75, 3.05) is 0 Å². The monoisotopic (exact) mass is 281 g/mol. The Balaban J connectivity index is 2.53. The molecular weight excluding hydrogens is 268 g/mol. The van der Waals surface area contributed by atoms with Crippen molar-refractivity contribution in [3.8, 4) is 0 Å². The summed E-state index contributed by atoms with van der Waals surface area (Å²) in [6.07, 6.45) is 0. The van der Waals surface area contributed by atoms with E-state index >= 15 is 0 Å². The van der Waals surface area contributed by atoms with Gasteiger partial charge in [0.05, 0.1) is 6.04 Å². The normalized spacial score (nSPS) is 12.5. The fraction of sp³-hybridized carbons (Fsp3) is 0.200. The zero-order valence-corrected chi connectivity index (χ0v) is 11.4. The average Bonchev–Trinajstić information content (AvgIpc) is 2.36. The number of hydrogen-bond acceptors (Lipinski definition) is 1. The van der Waals surface area contributed by atoms with Crippen LogP contribution in [0.1, 0.15) is 28.3 Å². The molecule has 100 valence electrons. The van der Waals surface area contributed by atoms with Crippen LogP contribution >= 0.6 is 11.6 Å². The van der Waals surface area contributed by atoms with Gasteiger partial charge in [-0.05, 0) is 42.7 Å². The third-order valence-corrected chi connectivity index (χ3v) is 3.67. The molecule has 0 amide bonds. The lowest BCUT2D eigenvalue weighted by atomic mass is 9.94. The van der Waals surface area contributed by atoms with Crippen molar-refractivity contribution in [1.29, 1.82) is 0 Å². The van der Waals surface area contributed by atoms with Gasteiger partial charge in [-0.2, -0.15) is 0 Å². The van der Waals surface area contributed by atoms with Crippen LogP contribution in [-0.2, 0) is 0 Å². The molecule has 1 atom stereocenters. The summed E-state index contributed by atoms with van der Waals surface area (Å²) in [5, 5.41) is 0.576. The number of halogens is 3. The summed E-state index contributed by atoms with van der Waals surface area (Å²) >= 11 is 6.03. The van der Waals surface area contributed by atoms with Crippen molar-refractivity contribution >= 4 is 11.6 Å². The van der Waals surface area contributed by atoms with E-state index in [1.165, 1.54) is 6.07 Å². The molecule has 0 spiro atoms. The first-order chi connectivity index (χ1) is 8.91. The lowest BCUT2D eigenvalue weighted by Gasteiger charge is -2.17. The second-order valence-corrected chi connectivity index (χ2v) is 4.96. The van der Waals surface area contributed by atoms with Crippen LogP contribution in [0.4, 0.5) is 8.78 Å². The third kappa shape index (κ3) is 2.62. The Hall–Kier alpha value is -1.45. The second kappa shape index (κ2) is 5.27. The van der Waals surface area contributed by atoms with Crippen LogP contribution in [-0.4, -0.2) is 0 Å². The molecule has 0 heterocycles. The summed E-state index contributed by atoms with van der Waals surface area (Å²) in [6.45, 7) is 3.40. The fourth-order valence-electron chi connectivity index (χ4n) is 2.05. The Morgan fingerprint density at radius 1 is 1.05 bits per heavy atom. The molecule has 0 fully saturated rings. The second-order valence-electron chi connectivity index (χ2n) is 4.55. The minimum absolute atomic E-state index is 0.268. The van der Waals surface area contributed by atoms with Gasteiger partial charge in [-0.3, -0.25) is 0 Å². The summed E-state index contributed by atoms with van der Waals surface area (Å²) in [5.41, 5.74) is 8.26. The number of hydrogen-bond donors (Lipinski definition) is 1. The van der Waals surface area contributed by atoms with Crippen LogP contribution in [0.25, 0.3) is 0 Å². The molecule has 0 aliphatic rings. The maximum absolute atomic E-state index is 13.8. The molecule has 2 rings (SSSR count). The zero-order chi connectivity index (χ0) is 14.2. The maximum Gasteiger partial charge on any atom is 0.131 e. The molecule has 19 heavy (non-hydrogen) atoms. The molecule has 0 aliphatic carbocycles. The van der Waals surface area contributed by atoms with Crippen LogP contribution in [0.3, 0.4) is 0 Å². The minimum Gasteiger partial charge on any atom is -0.320 e. The number of benzene rings is 2. The molecular formula is C15H14ClF2N. The summed E-state index contributed by atoms with van der Waals surface area (Å²) in [7, 11) is 0. The van der Waals surface area contributed by atoms with Crippen LogP contribution in [0, 0.1) is 25.5 Å². The van der Waals surface area contributed by atoms with Gasteiger partial charge in [-0.15, -0.1) is 0 Å². The minimum atomic E-state index is -0.669. The highest BCUT2D eigenvalue weighted by Gasteiger charge is 2.18. The van der Waals surface area contributed by atoms with Gasteiger partial charge in [0.25, 0.3) is 0 Å². The fourth-order valence-corrected chi connectivity index (χ4v) is 2.23. The lowest BCUT2D eigenvalue weighted by molar-refractivity contribution is 0.560. The highest BCUT2D eigenvalue weighted by atomic mass is 35.5. The Morgan fingerprint density at radius 2 is 1.74 bits per heavy atom. The average molecular weight is 282 g/mol. The number of rotatable bonds is 2. The molecule has 0 bridgehead atoms. The van der Waals surface area contributed by atoms with E-state index < -0.39 is 17.7 Å². The molecule has 1 unspecified atom stereocenters. The molecule has 2 N–H and O–H groups in total. The number of aryl methyl sites for hydroxylation is 1. The summed E-state index contributed by atoms with van der Waals surface area (Å²) < 4.78 is 27.1. The van der Waals surface area contributed by atoms with Gasteiger partial charge in [0.1, 0.15) is 11.6 Å². The van der Waals surface area contributed by atoms with E-state index in [1.807, 2.05) is 6.92 Å². The summed E-state index contributed by atoms with van der Waals surface area (Å²) in [6, 6.07) is 6.94. The molecule has 4 heteroatoms. The molecule has 1 nitrogen and oxygen atoms in total. The van der Waals surface area contributed by atoms with Crippen LogP contribution < -0.4 is 5.73 Å². The third-order valence-electron chi connectivity index (χ3n) is 3.26. The predicted octanol–water partition coefficient (Wildman–Crippen LogP) is 4.28. The Bertz CT molecular complexity index is 626. The summed E-state index contributed by atoms with van der Waals surface area (Å²) in [4.78, 5) is 0. The van der Waals surface area contributed by atoms with Crippen LogP contribution in [0.2, 0.25) is 5.02 Å². The molecule has 0 aromatic heterocycles. The van der Waals surface area contributed by atoms with Crippen LogP contribution in [0.15, 0.2) is 30.3 Å². The molecule has 0 saturated heterocycles. The lowest BCUT2D eigenvalue weighted by Crippen LogP contribution is -2.15. The first-order valence-corrected chi connectivity index (χ1v) is 6.25. The van der Waals surface area contributed by atoms with E-state index in [0.717, 1.165) is 17.2 Å². The molecule has 2 aromatic rings. The van der Waals surface area contributed by atoms with Crippen LogP contribution in [0.5, 0.6) is 0 Å². The Kier molecular flexibility index (Phi) is 3.88. The standard InChI is InChI=1S/C15H14ClF2N/c1-8-6-11(14(18)7-13(8)17)15(19)10-4-3-5-12(16)9(10)2/h3-7,15H,19H2,1-2H3. The van der Waals surface area contributed by atoms with Gasteiger partial charge in [-0.25, -0.2) is 8.78 Å². The first-order valence-electron chi connectivity index (χ1n) is 5.88. The van der Waals surface area contributed by atoms with E-state index in [9.17, 15) is 8.78 Å². The largest absolute Gasteiger partial charge is 0.320 e. The topological polar surface area (TPSA) is 26.0 Å². The van der Waals surface area contributed by atoms with Crippen molar-refractivity contribution in [2.24, 2.45) is 5.73 Å². The van der Waals surface area contributed by atoms with E-state index in [0.29, 0.717) is 10.6 Å². The first kappa shape index (κ1) is 14.0. The molecule has 2 aromatic carbocycles. The SMILES string of the molecule is Cc1cc(C(N)c2cccc(Cl)c2C)c(F)cc1F. The van der Waals surface area contributed by atoms with Crippen molar-refractivity contribution < 1.29 is 8.78 Å². The quantitative estimate of drug-likeness (QED) is 0.873. The summed E-state index contributed by atoms with van der Waals surface area (Å²) in [5.74, 6) is -1.22. The molecule has 0 aliphatic heterocycles. The predicted molar refractivity (Wildman–Crippen MR) is 73.3 cm³/mol. The smallest absolute Gasteiger partial charge is 0.131 e. The van der Waals surface area contributed by atoms with Crippen molar-refractivity contribution in [3.63, 3.8) is 0 Å². The van der Waals surface area contributed by atoms with Gasteiger partial charge < -0.3 is 5.73 Å². The van der Waals surface area contributed by atoms with E-state index in [2.05, 4.69) is 0 Å². The molecule has 0 radical (unpaired) electrons. The highest BCUT2D eigenvalue weighted by molar-refractivity contribution is 6.31. The van der Waals surface area contributed by atoms with Crippen molar-refractivity contribution in [1.82, 2.24) is 0 Å². The van der Waals surface area contributed by atoms with E-state index in [-0.39, 0.29) is 5.56 Å². The van der Waals surface area contributed by atoms with Crippen molar-refractivity contribution in [3.05, 3.63) is 69.2 Å².